The molecule has 0 saturated carbocycles. The molecule has 4 nitrogen and oxygen atoms in total. The van der Waals surface area contributed by atoms with Crippen molar-refractivity contribution in [2.75, 3.05) is 0 Å². The third-order valence-electron chi connectivity index (χ3n) is 9.64. The minimum Gasteiger partial charge on any atom is -0.192 e. The molecule has 0 unspecified atom stereocenters. The highest BCUT2D eigenvalue weighted by molar-refractivity contribution is 6.11. The molecule has 0 N–H and O–H groups in total. The number of halogens is 12. The second kappa shape index (κ2) is 13.1. The Kier molecular flexibility index (Phi) is 8.83. The Morgan fingerprint density at radius 3 is 0.845 bits per heavy atom. The Labute approximate surface area is 318 Å². The quantitative estimate of drug-likeness (QED) is 0.128. The number of benzene rings is 5. The van der Waals surface area contributed by atoms with Gasteiger partial charge in [0.2, 0.25) is 0 Å². The van der Waals surface area contributed by atoms with Gasteiger partial charge in [0.1, 0.15) is 35.4 Å². The summed E-state index contributed by atoms with van der Waals surface area (Å²) in [5.41, 5.74) is -7.14. The van der Waals surface area contributed by atoms with Crippen molar-refractivity contribution in [3.8, 4) is 68.8 Å². The second-order valence-electron chi connectivity index (χ2n) is 13.0. The van der Waals surface area contributed by atoms with E-state index in [0.29, 0.717) is 24.3 Å². The van der Waals surface area contributed by atoms with Crippen LogP contribution in [0.1, 0.15) is 44.5 Å². The summed E-state index contributed by atoms with van der Waals surface area (Å²) in [6, 6.07) is 19.5. The van der Waals surface area contributed by atoms with Gasteiger partial charge in [0.05, 0.1) is 22.3 Å². The lowest BCUT2D eigenvalue weighted by Gasteiger charge is -2.15. The van der Waals surface area contributed by atoms with Gasteiger partial charge in [0, 0.05) is 11.1 Å². The number of nitriles is 4. The van der Waals surface area contributed by atoms with Gasteiger partial charge in [-0.1, -0.05) is 24.3 Å². The zero-order valence-corrected chi connectivity index (χ0v) is 28.4. The van der Waals surface area contributed by atoms with Crippen molar-refractivity contribution < 1.29 is 52.7 Å². The highest BCUT2D eigenvalue weighted by Gasteiger charge is 2.40. The van der Waals surface area contributed by atoms with Crippen molar-refractivity contribution in [3.63, 3.8) is 0 Å². The Hall–Kier alpha value is -7.30. The molecule has 0 bridgehead atoms. The maximum Gasteiger partial charge on any atom is 0.416 e. The molecule has 0 aliphatic heterocycles. The van der Waals surface area contributed by atoms with Crippen LogP contribution in [-0.2, 0) is 24.7 Å². The maximum absolute atomic E-state index is 13.7. The fourth-order valence-corrected chi connectivity index (χ4v) is 7.14. The minimum absolute atomic E-state index is 0.0366. The summed E-state index contributed by atoms with van der Waals surface area (Å²) in [6.45, 7) is 0. The van der Waals surface area contributed by atoms with Crippen LogP contribution >= 0.6 is 0 Å². The minimum atomic E-state index is -5.16. The summed E-state index contributed by atoms with van der Waals surface area (Å²) in [7, 11) is 0. The molecule has 7 rings (SSSR count). The van der Waals surface area contributed by atoms with Crippen molar-refractivity contribution in [1.29, 1.82) is 21.0 Å². The summed E-state index contributed by atoms with van der Waals surface area (Å²) < 4.78 is 165. The zero-order chi connectivity index (χ0) is 42.3. The van der Waals surface area contributed by atoms with Crippen molar-refractivity contribution >= 4 is 11.1 Å². The van der Waals surface area contributed by atoms with E-state index < -0.39 is 69.2 Å². The second-order valence-corrected chi connectivity index (χ2v) is 13.0. The van der Waals surface area contributed by atoms with Gasteiger partial charge < -0.3 is 0 Å². The summed E-state index contributed by atoms with van der Waals surface area (Å²) in [5.74, 6) is 0. The topological polar surface area (TPSA) is 95.2 Å². The predicted molar refractivity (Wildman–Crippen MR) is 183 cm³/mol. The molecule has 0 heterocycles. The zero-order valence-electron chi connectivity index (χ0n) is 28.4. The highest BCUT2D eigenvalue weighted by Crippen LogP contribution is 2.55. The van der Waals surface area contributed by atoms with Gasteiger partial charge in [0.15, 0.2) is 0 Å². The number of alkyl halides is 12. The average molecular weight is 803 g/mol. The fraction of sp³-hybridized carbons (Fsp3) is 0.0952. The van der Waals surface area contributed by atoms with Crippen LogP contribution in [0.3, 0.4) is 0 Å². The molecular formula is C42H14F12N4. The van der Waals surface area contributed by atoms with Crippen LogP contribution in [0.15, 0.2) is 96.1 Å². The molecule has 16 heteroatoms. The number of allylic oxidation sites excluding steroid dienone is 2. The molecule has 5 aromatic rings. The van der Waals surface area contributed by atoms with E-state index in [1.54, 1.807) is 24.3 Å². The standard InChI is InChI=1S/C42H14F12N4/c43-39(44,45)25-5-21(6-26(11-25)40(46,47)48)19-1-3-29-31-13-36-32(14-35(31)37(33(29)9-19)23(15-55)16-56)30-4-2-20(10-34(30)38(36)24(17-57)18-58)22-7-27(41(49,50)51)12-28(8-22)42(52,53)54/h1-14H. The summed E-state index contributed by atoms with van der Waals surface area (Å²) >= 11 is 0. The number of rotatable bonds is 2. The molecule has 58 heavy (non-hydrogen) atoms. The summed E-state index contributed by atoms with van der Waals surface area (Å²) in [5, 5.41) is 39.9. The van der Waals surface area contributed by atoms with Crippen LogP contribution in [0.5, 0.6) is 0 Å². The van der Waals surface area contributed by atoms with Gasteiger partial charge in [-0.2, -0.15) is 73.7 Å². The van der Waals surface area contributed by atoms with E-state index in [9.17, 15) is 73.7 Å². The van der Waals surface area contributed by atoms with Crippen molar-refractivity contribution in [3.05, 3.63) is 141 Å². The molecule has 0 saturated heterocycles. The van der Waals surface area contributed by atoms with E-state index in [1.807, 2.05) is 0 Å². The number of nitrogens with zero attached hydrogens (tertiary/aromatic N) is 4. The monoisotopic (exact) mass is 802 g/mol. The number of fused-ring (bicyclic) bond motifs is 6. The van der Waals surface area contributed by atoms with E-state index in [-0.39, 0.29) is 78.9 Å². The highest BCUT2D eigenvalue weighted by atomic mass is 19.4. The normalized spacial score (nSPS) is 13.0. The van der Waals surface area contributed by atoms with E-state index in [0.717, 1.165) is 0 Å². The molecule has 5 aromatic carbocycles. The fourth-order valence-electron chi connectivity index (χ4n) is 7.14. The molecule has 286 valence electrons. The lowest BCUT2D eigenvalue weighted by molar-refractivity contribution is -0.144. The van der Waals surface area contributed by atoms with Crippen LogP contribution in [0.2, 0.25) is 0 Å². The van der Waals surface area contributed by atoms with Crippen LogP contribution in [0.25, 0.3) is 55.7 Å². The van der Waals surface area contributed by atoms with Crippen LogP contribution in [0, 0.1) is 45.3 Å². The third kappa shape index (κ3) is 6.49. The first-order valence-electron chi connectivity index (χ1n) is 16.3. The van der Waals surface area contributed by atoms with E-state index in [2.05, 4.69) is 0 Å². The molecule has 0 fully saturated rings. The van der Waals surface area contributed by atoms with Crippen LogP contribution in [-0.4, -0.2) is 0 Å². The van der Waals surface area contributed by atoms with Crippen LogP contribution < -0.4 is 0 Å². The molecule has 0 aromatic heterocycles. The molecule has 2 aliphatic rings. The molecule has 0 amide bonds. The Morgan fingerprint density at radius 1 is 0.310 bits per heavy atom. The van der Waals surface area contributed by atoms with Crippen molar-refractivity contribution in [1.82, 2.24) is 0 Å². The van der Waals surface area contributed by atoms with Gasteiger partial charge in [-0.15, -0.1) is 0 Å². The lowest BCUT2D eigenvalue weighted by Crippen LogP contribution is -2.11. The smallest absolute Gasteiger partial charge is 0.192 e. The van der Waals surface area contributed by atoms with Crippen molar-refractivity contribution in [2.24, 2.45) is 0 Å². The van der Waals surface area contributed by atoms with Crippen LogP contribution in [0.4, 0.5) is 52.7 Å². The average Bonchev–Trinajstić information content (AvgIpc) is 3.64. The predicted octanol–water partition coefficient (Wildman–Crippen LogP) is 12.8. The van der Waals surface area contributed by atoms with Gasteiger partial charge in [-0.05, 0) is 127 Å². The first-order chi connectivity index (χ1) is 27.1. The number of hydrogen-bond acceptors (Lipinski definition) is 4. The van der Waals surface area contributed by atoms with Crippen molar-refractivity contribution in [2.45, 2.75) is 24.7 Å². The Morgan fingerprint density at radius 2 is 0.586 bits per heavy atom. The Balaban J connectivity index is 1.45. The Bertz CT molecular complexity index is 2580. The number of hydrogen-bond donors (Lipinski definition) is 0. The van der Waals surface area contributed by atoms with Gasteiger partial charge in [0.25, 0.3) is 0 Å². The first-order valence-corrected chi connectivity index (χ1v) is 16.3. The van der Waals surface area contributed by atoms with E-state index >= 15 is 0 Å². The van der Waals surface area contributed by atoms with E-state index in [4.69, 9.17) is 0 Å². The summed E-state index contributed by atoms with van der Waals surface area (Å²) in [6.07, 6.45) is -20.6. The van der Waals surface area contributed by atoms with Gasteiger partial charge in [-0.25, -0.2) is 0 Å². The van der Waals surface area contributed by atoms with Gasteiger partial charge >= 0.3 is 24.7 Å². The SMILES string of the molecule is N#CC(C#N)=C1c2cc(-c3cc(C(F)(F)F)cc(C(F)(F)F)c3)ccc2-c2cc3c(cc21)-c1ccc(-c2cc(C(F)(F)F)cc(C(F)(F)F)c2)cc1C3=C(C#N)C#N. The third-order valence-corrected chi connectivity index (χ3v) is 9.64. The molecular weight excluding hydrogens is 788 g/mol. The summed E-state index contributed by atoms with van der Waals surface area (Å²) in [4.78, 5) is 0. The molecule has 0 atom stereocenters. The first kappa shape index (κ1) is 39.0. The maximum atomic E-state index is 13.7. The molecule has 2 aliphatic carbocycles. The largest absolute Gasteiger partial charge is 0.416 e. The van der Waals surface area contributed by atoms with Gasteiger partial charge in [-0.3, -0.25) is 0 Å². The molecule has 0 radical (unpaired) electrons. The lowest BCUT2D eigenvalue weighted by atomic mass is 9.93. The van der Waals surface area contributed by atoms with E-state index in [1.165, 1.54) is 48.5 Å². The molecule has 0 spiro atoms.